The Kier molecular flexibility index (Phi) is 6.41. The average molecular weight is 326 g/mol. The molecule has 0 aliphatic heterocycles. The number of hydrogen-bond donors (Lipinski definition) is 2. The minimum Gasteiger partial charge on any atom is -0.437 e. The summed E-state index contributed by atoms with van der Waals surface area (Å²) in [5.74, 6) is -2.29. The van der Waals surface area contributed by atoms with Crippen molar-refractivity contribution in [2.75, 3.05) is 0 Å². The zero-order valence-electron chi connectivity index (χ0n) is 13.5. The third-order valence-corrected chi connectivity index (χ3v) is 3.53. The number of aldehydes is 1. The van der Waals surface area contributed by atoms with Gasteiger partial charge in [-0.25, -0.2) is 0 Å². The first-order chi connectivity index (χ1) is 10.7. The second kappa shape index (κ2) is 7.85. The number of hydrogen-bond acceptors (Lipinski definition) is 6. The van der Waals surface area contributed by atoms with Crippen LogP contribution in [0.4, 0.5) is 0 Å². The Hall–Kier alpha value is -2.25. The van der Waals surface area contributed by atoms with E-state index < -0.39 is 35.5 Å². The van der Waals surface area contributed by atoms with E-state index in [0.29, 0.717) is 19.1 Å². The Morgan fingerprint density at radius 2 is 1.91 bits per heavy atom. The van der Waals surface area contributed by atoms with Gasteiger partial charge < -0.3 is 20.2 Å². The van der Waals surface area contributed by atoms with Gasteiger partial charge in [-0.3, -0.25) is 19.2 Å². The van der Waals surface area contributed by atoms with E-state index in [1.165, 1.54) is 13.8 Å². The predicted molar refractivity (Wildman–Crippen MR) is 78.9 cm³/mol. The molecule has 0 heterocycles. The van der Waals surface area contributed by atoms with E-state index in [-0.39, 0.29) is 18.6 Å². The first kappa shape index (κ1) is 18.8. The van der Waals surface area contributed by atoms with E-state index in [1.54, 1.807) is 6.92 Å². The van der Waals surface area contributed by atoms with Crippen molar-refractivity contribution in [1.29, 1.82) is 0 Å². The Morgan fingerprint density at radius 1 is 1.26 bits per heavy atom. The van der Waals surface area contributed by atoms with Crippen molar-refractivity contribution in [3.63, 3.8) is 0 Å². The monoisotopic (exact) mass is 326 g/mol. The van der Waals surface area contributed by atoms with Crippen LogP contribution >= 0.6 is 0 Å². The fourth-order valence-electron chi connectivity index (χ4n) is 2.39. The van der Waals surface area contributed by atoms with E-state index >= 15 is 0 Å². The van der Waals surface area contributed by atoms with Gasteiger partial charge in [0.05, 0.1) is 12.5 Å². The molecule has 0 spiro atoms. The highest BCUT2D eigenvalue weighted by Gasteiger charge is 2.52. The van der Waals surface area contributed by atoms with Crippen LogP contribution in [0.1, 0.15) is 46.5 Å². The van der Waals surface area contributed by atoms with Crippen LogP contribution in [0.15, 0.2) is 0 Å². The standard InChI is InChI=1S/C15H22N2O6/c1-9(8-18)6-14(22)17-15(23-11(3)20)5-4-12(15)16-13(21)7-10(2)19/h8-9,12H,4-7H2,1-3H3,(H,16,21)(H,17,22). The molecule has 0 aromatic heterocycles. The maximum atomic E-state index is 12.0. The number of nitrogens with one attached hydrogen (secondary N) is 2. The van der Waals surface area contributed by atoms with Crippen LogP contribution in [0.2, 0.25) is 0 Å². The number of Topliss-reactive ketones (excluding diaryl/α,β-unsaturated/α-hetero) is 1. The van der Waals surface area contributed by atoms with E-state index in [9.17, 15) is 24.0 Å². The number of esters is 1. The van der Waals surface area contributed by atoms with Gasteiger partial charge in [0.15, 0.2) is 0 Å². The lowest BCUT2D eigenvalue weighted by Crippen LogP contribution is -2.70. The maximum Gasteiger partial charge on any atom is 0.304 e. The Bertz CT molecular complexity index is 518. The molecular formula is C15H22N2O6. The highest BCUT2D eigenvalue weighted by Crippen LogP contribution is 2.34. The number of carbonyl (C=O) groups excluding carboxylic acids is 5. The number of carbonyl (C=O) groups is 5. The molecule has 1 aliphatic rings. The summed E-state index contributed by atoms with van der Waals surface area (Å²) >= 11 is 0. The average Bonchev–Trinajstić information content (AvgIpc) is 2.41. The van der Waals surface area contributed by atoms with Crippen molar-refractivity contribution >= 4 is 29.9 Å². The highest BCUT2D eigenvalue weighted by atomic mass is 16.6. The van der Waals surface area contributed by atoms with Gasteiger partial charge >= 0.3 is 5.97 Å². The SMILES string of the molecule is CC(=O)CC(=O)NC1CCC1(NC(=O)CC(C)C=O)OC(C)=O. The minimum absolute atomic E-state index is 0.0410. The second-order valence-electron chi connectivity index (χ2n) is 5.89. The van der Waals surface area contributed by atoms with Crippen molar-refractivity contribution in [2.24, 2.45) is 5.92 Å². The number of ether oxygens (including phenoxy) is 1. The minimum atomic E-state index is -1.32. The van der Waals surface area contributed by atoms with Crippen molar-refractivity contribution in [3.8, 4) is 0 Å². The lowest BCUT2D eigenvalue weighted by Gasteiger charge is -2.48. The molecule has 3 atom stereocenters. The topological polar surface area (TPSA) is 119 Å². The molecule has 1 saturated carbocycles. The second-order valence-corrected chi connectivity index (χ2v) is 5.89. The van der Waals surface area contributed by atoms with Gasteiger partial charge in [-0.1, -0.05) is 6.92 Å². The van der Waals surface area contributed by atoms with Crippen LogP contribution in [-0.2, 0) is 28.7 Å². The molecule has 128 valence electrons. The Labute approximate surface area is 134 Å². The summed E-state index contributed by atoms with van der Waals surface area (Å²) in [6.07, 6.45) is 1.19. The molecule has 1 aliphatic carbocycles. The van der Waals surface area contributed by atoms with Gasteiger partial charge in [0.1, 0.15) is 12.1 Å². The van der Waals surface area contributed by atoms with Gasteiger partial charge in [0.25, 0.3) is 0 Å². The molecule has 2 N–H and O–H groups in total. The third kappa shape index (κ3) is 5.46. The molecular weight excluding hydrogens is 304 g/mol. The summed E-state index contributed by atoms with van der Waals surface area (Å²) in [5.41, 5.74) is -1.32. The highest BCUT2D eigenvalue weighted by molar-refractivity contribution is 5.97. The fraction of sp³-hybridized carbons (Fsp3) is 0.667. The fourth-order valence-corrected chi connectivity index (χ4v) is 2.39. The molecule has 8 heteroatoms. The first-order valence-corrected chi connectivity index (χ1v) is 7.43. The molecule has 1 fully saturated rings. The summed E-state index contributed by atoms with van der Waals surface area (Å²) in [7, 11) is 0. The quantitative estimate of drug-likeness (QED) is 0.277. The lowest BCUT2D eigenvalue weighted by molar-refractivity contribution is -0.184. The molecule has 0 radical (unpaired) electrons. The summed E-state index contributed by atoms with van der Waals surface area (Å²) in [6.45, 7) is 4.09. The van der Waals surface area contributed by atoms with E-state index in [4.69, 9.17) is 4.74 Å². The summed E-state index contributed by atoms with van der Waals surface area (Å²) in [5, 5.41) is 5.19. The summed E-state index contributed by atoms with van der Waals surface area (Å²) < 4.78 is 5.22. The third-order valence-electron chi connectivity index (χ3n) is 3.53. The molecule has 0 bridgehead atoms. The van der Waals surface area contributed by atoms with Crippen LogP contribution in [0, 0.1) is 5.92 Å². The van der Waals surface area contributed by atoms with Crippen LogP contribution in [0.3, 0.4) is 0 Å². The van der Waals surface area contributed by atoms with Crippen LogP contribution in [-0.4, -0.2) is 41.6 Å². The summed E-state index contributed by atoms with van der Waals surface area (Å²) in [6, 6.07) is -0.603. The first-order valence-electron chi connectivity index (χ1n) is 7.43. The van der Waals surface area contributed by atoms with Gasteiger partial charge in [-0.2, -0.15) is 0 Å². The molecule has 0 saturated heterocycles. The molecule has 0 aromatic rings. The predicted octanol–water partition coefficient (Wildman–Crippen LogP) is -0.155. The Morgan fingerprint density at radius 3 is 2.35 bits per heavy atom. The van der Waals surface area contributed by atoms with Crippen molar-refractivity contribution < 1.29 is 28.7 Å². The molecule has 3 unspecified atom stereocenters. The van der Waals surface area contributed by atoms with Crippen LogP contribution in [0.25, 0.3) is 0 Å². The number of ketones is 1. The van der Waals surface area contributed by atoms with Gasteiger partial charge in [0.2, 0.25) is 17.5 Å². The molecule has 1 rings (SSSR count). The van der Waals surface area contributed by atoms with Crippen LogP contribution < -0.4 is 10.6 Å². The maximum absolute atomic E-state index is 12.0. The van der Waals surface area contributed by atoms with Crippen LogP contribution in [0.5, 0.6) is 0 Å². The largest absolute Gasteiger partial charge is 0.437 e. The van der Waals surface area contributed by atoms with Crippen molar-refractivity contribution in [1.82, 2.24) is 10.6 Å². The van der Waals surface area contributed by atoms with Crippen molar-refractivity contribution in [2.45, 2.75) is 58.2 Å². The van der Waals surface area contributed by atoms with Gasteiger partial charge in [-0.05, 0) is 13.3 Å². The molecule has 23 heavy (non-hydrogen) atoms. The summed E-state index contributed by atoms with van der Waals surface area (Å²) in [4.78, 5) is 56.6. The van der Waals surface area contributed by atoms with E-state index in [0.717, 1.165) is 0 Å². The number of rotatable bonds is 8. The zero-order chi connectivity index (χ0) is 17.6. The van der Waals surface area contributed by atoms with Gasteiger partial charge in [-0.15, -0.1) is 0 Å². The molecule has 2 amide bonds. The van der Waals surface area contributed by atoms with E-state index in [1.807, 2.05) is 0 Å². The zero-order valence-corrected chi connectivity index (χ0v) is 13.5. The van der Waals surface area contributed by atoms with Gasteiger partial charge in [0, 0.05) is 25.7 Å². The van der Waals surface area contributed by atoms with E-state index in [2.05, 4.69) is 10.6 Å². The molecule has 8 nitrogen and oxygen atoms in total. The van der Waals surface area contributed by atoms with Crippen molar-refractivity contribution in [3.05, 3.63) is 0 Å². The molecule has 0 aromatic carbocycles. The number of amides is 2. The lowest BCUT2D eigenvalue weighted by atomic mass is 9.81. The Balaban J connectivity index is 2.76. The smallest absolute Gasteiger partial charge is 0.304 e. The normalized spacial score (nSPS) is 23.9.